The van der Waals surface area contributed by atoms with E-state index >= 15 is 0 Å². The highest BCUT2D eigenvalue weighted by Gasteiger charge is 2.30. The summed E-state index contributed by atoms with van der Waals surface area (Å²) in [6.45, 7) is 19.5. The maximum atomic E-state index is 6.21. The van der Waals surface area contributed by atoms with Gasteiger partial charge in [0.25, 0.3) is 0 Å². The molecule has 0 amide bonds. The SMILES string of the molecule is CCCCCCc1cc2c(c(CCCCCC)c1CCCCCC)-c1nc-2nc2c3ccccc3c(nc3nc(nc4[nH]c(n1)c1c(CCCCCC)c(CCCCCC)c(CCCCCC)c(CCCCCC)c41)-c1ccccc1-3)n2CCCCCC. The molecule has 2 aliphatic rings. The summed E-state index contributed by atoms with van der Waals surface area (Å²) in [6, 6.07) is 20.1. The summed E-state index contributed by atoms with van der Waals surface area (Å²) in [5, 5.41) is 4.75. The van der Waals surface area contributed by atoms with Gasteiger partial charge >= 0.3 is 0 Å². The zero-order valence-electron chi connectivity index (χ0n) is 56.6. The number of hydrogen-bond donors (Lipinski definition) is 1. The van der Waals surface area contributed by atoms with Crippen LogP contribution < -0.4 is 0 Å². The molecule has 0 fully saturated rings. The molecule has 8 heteroatoms. The topological polar surface area (TPSA) is 98.1 Å². The third-order valence-electron chi connectivity index (χ3n) is 19.6. The predicted octanol–water partition coefficient (Wildman–Crippen LogP) is 23.8. The van der Waals surface area contributed by atoms with Crippen molar-refractivity contribution in [3.05, 3.63) is 93.5 Å². The van der Waals surface area contributed by atoms with Crippen LogP contribution in [0, 0.1) is 0 Å². The van der Waals surface area contributed by atoms with Crippen molar-refractivity contribution in [1.29, 1.82) is 0 Å². The fraction of sp³-hybridized carbons (Fsp3) is 0.600. The standard InChI is InChI=1S/C80H114N8/c1-9-17-25-33-45-58-57-69-70(62(49-37-29-21-13-5)59(58)46-34-26-18-10-2)76-83-75(69)87-80-68-55-43-42-54-67(68)79(88(80)56-44-32-24-16-8)86-74-66-53-41-40-52-65(66)73(81-74)82-77-71-63(50-38-30-22-14-6)60(47-35-27-19-11-3)61(48-36-28-20-12-4)64(51-39-31-23-15-7)72(71)78(84-76)85-77/h40-43,52-55,57H,9-39,44-51,56H2,1-8H3,(H,81,82,83,84,85,86,87). The van der Waals surface area contributed by atoms with Crippen molar-refractivity contribution >= 4 is 44.1 Å². The largest absolute Gasteiger partial charge is 0.324 e. The van der Waals surface area contributed by atoms with Gasteiger partial charge in [0.05, 0.1) is 0 Å². The molecule has 5 heterocycles. The van der Waals surface area contributed by atoms with E-state index in [0.717, 1.165) is 145 Å². The quantitative estimate of drug-likeness (QED) is 0.0384. The van der Waals surface area contributed by atoms with E-state index in [0.29, 0.717) is 11.6 Å². The van der Waals surface area contributed by atoms with Gasteiger partial charge in [-0.25, -0.2) is 29.9 Å². The first-order valence-electron chi connectivity index (χ1n) is 36.8. The van der Waals surface area contributed by atoms with Crippen LogP contribution in [0.4, 0.5) is 0 Å². The minimum atomic E-state index is 0.709. The Morgan fingerprint density at radius 3 is 1.11 bits per heavy atom. The van der Waals surface area contributed by atoms with Crippen molar-refractivity contribution in [2.75, 3.05) is 0 Å². The monoisotopic (exact) mass is 1190 g/mol. The molecule has 0 radical (unpaired) electrons. The molecule has 3 aromatic heterocycles. The molecule has 0 saturated carbocycles. The minimum absolute atomic E-state index is 0.709. The fourth-order valence-corrected chi connectivity index (χ4v) is 14.7. The average Bonchev–Trinajstić information content (AvgIpc) is 1.75. The Labute approximate surface area is 532 Å². The van der Waals surface area contributed by atoms with E-state index < -0.39 is 0 Å². The van der Waals surface area contributed by atoms with Crippen LogP contribution in [0.3, 0.4) is 0 Å². The molecule has 1 N–H and O–H groups in total. The van der Waals surface area contributed by atoms with E-state index in [9.17, 15) is 0 Å². The molecule has 0 aliphatic carbocycles. The normalized spacial score (nSPS) is 12.1. The molecule has 7 aromatic rings. The first kappa shape index (κ1) is 66.7. The molecule has 8 bridgehead atoms. The molecule has 88 heavy (non-hydrogen) atoms. The maximum absolute atomic E-state index is 6.21. The lowest BCUT2D eigenvalue weighted by Gasteiger charge is -2.22. The number of aromatic amines is 1. The number of aryl methyl sites for hydroxylation is 4. The molecule has 0 atom stereocenters. The number of H-pyrrole nitrogens is 1. The van der Waals surface area contributed by atoms with Gasteiger partial charge in [0.1, 0.15) is 22.6 Å². The van der Waals surface area contributed by atoms with Crippen molar-refractivity contribution in [1.82, 2.24) is 39.5 Å². The zero-order valence-corrected chi connectivity index (χ0v) is 56.6. The lowest BCUT2D eigenvalue weighted by Crippen LogP contribution is -2.08. The van der Waals surface area contributed by atoms with E-state index in [4.69, 9.17) is 29.9 Å². The van der Waals surface area contributed by atoms with Crippen LogP contribution in [-0.2, 0) is 51.5 Å². The van der Waals surface area contributed by atoms with Gasteiger partial charge in [-0.15, -0.1) is 0 Å². The number of rotatable bonds is 40. The smallest absolute Gasteiger partial charge is 0.165 e. The predicted molar refractivity (Wildman–Crippen MR) is 379 cm³/mol. The number of fused-ring (bicyclic) bond motifs is 20. The van der Waals surface area contributed by atoms with Gasteiger partial charge < -0.3 is 9.55 Å². The molecule has 2 aliphatic heterocycles. The van der Waals surface area contributed by atoms with Crippen molar-refractivity contribution in [2.24, 2.45) is 0 Å². The molecule has 4 aromatic carbocycles. The van der Waals surface area contributed by atoms with E-state index in [1.165, 1.54) is 212 Å². The van der Waals surface area contributed by atoms with Gasteiger partial charge in [0, 0.05) is 50.3 Å². The summed E-state index contributed by atoms with van der Waals surface area (Å²) >= 11 is 0. The summed E-state index contributed by atoms with van der Waals surface area (Å²) in [4.78, 5) is 39.6. The molecular weight excluding hydrogens is 1070 g/mol. The number of nitrogens with zero attached hydrogens (tertiary/aromatic N) is 7. The van der Waals surface area contributed by atoms with Crippen LogP contribution in [0.15, 0.2) is 54.6 Å². The molecule has 0 saturated heterocycles. The first-order valence-corrected chi connectivity index (χ1v) is 36.8. The minimum Gasteiger partial charge on any atom is -0.324 e. The highest BCUT2D eigenvalue weighted by atomic mass is 15.1. The lowest BCUT2D eigenvalue weighted by molar-refractivity contribution is 0.598. The number of hydrogen-bond acceptors (Lipinski definition) is 6. The number of benzene rings is 4. The Morgan fingerprint density at radius 2 is 0.659 bits per heavy atom. The van der Waals surface area contributed by atoms with E-state index in [1.54, 1.807) is 16.7 Å². The fourth-order valence-electron chi connectivity index (χ4n) is 14.7. The second kappa shape index (κ2) is 35.0. The zero-order chi connectivity index (χ0) is 61.5. The van der Waals surface area contributed by atoms with Crippen LogP contribution in [0.5, 0.6) is 0 Å². The van der Waals surface area contributed by atoms with Crippen LogP contribution in [0.1, 0.15) is 300 Å². The summed E-state index contributed by atoms with van der Waals surface area (Å²) in [7, 11) is 0. The second-order valence-electron chi connectivity index (χ2n) is 26.5. The van der Waals surface area contributed by atoms with Gasteiger partial charge in [0.15, 0.2) is 23.3 Å². The Kier molecular flexibility index (Phi) is 26.5. The third-order valence-corrected chi connectivity index (χ3v) is 19.6. The van der Waals surface area contributed by atoms with Crippen molar-refractivity contribution in [3.8, 4) is 45.6 Å². The van der Waals surface area contributed by atoms with E-state index in [-0.39, 0.29) is 0 Å². The summed E-state index contributed by atoms with van der Waals surface area (Å²) < 4.78 is 2.42. The lowest BCUT2D eigenvalue weighted by atomic mass is 9.82. The summed E-state index contributed by atoms with van der Waals surface area (Å²) in [5.74, 6) is 3.03. The summed E-state index contributed by atoms with van der Waals surface area (Å²) in [5.41, 5.74) is 18.9. The van der Waals surface area contributed by atoms with Crippen LogP contribution in [0.2, 0.25) is 0 Å². The highest BCUT2D eigenvalue weighted by Crippen LogP contribution is 2.45. The molecule has 474 valence electrons. The first-order chi connectivity index (χ1) is 43.4. The van der Waals surface area contributed by atoms with Crippen LogP contribution >= 0.6 is 0 Å². The van der Waals surface area contributed by atoms with E-state index in [2.05, 4.69) is 120 Å². The van der Waals surface area contributed by atoms with Gasteiger partial charge in [-0.3, -0.25) is 0 Å². The maximum Gasteiger partial charge on any atom is 0.165 e. The van der Waals surface area contributed by atoms with Crippen molar-refractivity contribution in [2.45, 2.75) is 312 Å². The van der Waals surface area contributed by atoms with Gasteiger partial charge in [-0.2, -0.15) is 0 Å². The Bertz CT molecular complexity index is 3500. The van der Waals surface area contributed by atoms with Gasteiger partial charge in [0.2, 0.25) is 0 Å². The van der Waals surface area contributed by atoms with Gasteiger partial charge in [-0.05, 0) is 141 Å². The molecule has 0 spiro atoms. The van der Waals surface area contributed by atoms with E-state index in [1.807, 2.05) is 0 Å². The highest BCUT2D eigenvalue weighted by molar-refractivity contribution is 6.10. The molecule has 8 nitrogen and oxygen atoms in total. The Morgan fingerprint density at radius 1 is 0.307 bits per heavy atom. The van der Waals surface area contributed by atoms with Gasteiger partial charge in [-0.1, -0.05) is 258 Å². The Hall–Kier alpha value is -5.76. The summed E-state index contributed by atoms with van der Waals surface area (Å²) in [6.07, 6.45) is 46.4. The van der Waals surface area contributed by atoms with Crippen molar-refractivity contribution < 1.29 is 0 Å². The number of unbranched alkanes of at least 4 members (excludes halogenated alkanes) is 24. The second-order valence-corrected chi connectivity index (χ2v) is 26.5. The third kappa shape index (κ3) is 16.2. The van der Waals surface area contributed by atoms with Crippen molar-refractivity contribution in [3.63, 3.8) is 0 Å². The van der Waals surface area contributed by atoms with Crippen LogP contribution in [-0.4, -0.2) is 39.5 Å². The number of aromatic nitrogens is 8. The molecule has 0 unspecified atom stereocenters. The average molecular weight is 1190 g/mol. The molecule has 9 rings (SSSR count). The Balaban J connectivity index is 1.51. The number of nitrogens with one attached hydrogen (secondary N) is 1. The molecular formula is C80H114N8. The van der Waals surface area contributed by atoms with Crippen LogP contribution in [0.25, 0.3) is 89.7 Å².